The maximum atomic E-state index is 13.6. The van der Waals surface area contributed by atoms with Crippen molar-refractivity contribution in [1.82, 2.24) is 30.5 Å². The van der Waals surface area contributed by atoms with Gasteiger partial charge in [-0.1, -0.05) is 5.16 Å². The average Bonchev–Trinajstić information content (AvgIpc) is 3.52. The lowest BCUT2D eigenvalue weighted by Gasteiger charge is -2.53. The van der Waals surface area contributed by atoms with E-state index >= 15 is 0 Å². The zero-order chi connectivity index (χ0) is 21.1. The van der Waals surface area contributed by atoms with Crippen LogP contribution >= 0.6 is 0 Å². The summed E-state index contributed by atoms with van der Waals surface area (Å²) >= 11 is 0. The summed E-state index contributed by atoms with van der Waals surface area (Å²) in [5, 5.41) is 14.3. The highest BCUT2D eigenvalue weighted by atomic mass is 16.5. The number of nitrogens with zero attached hydrogens (tertiary/aromatic N) is 4. The Labute approximate surface area is 182 Å². The van der Waals surface area contributed by atoms with Gasteiger partial charge < -0.3 is 14.6 Å². The zero-order valence-electron chi connectivity index (χ0n) is 18.0. The summed E-state index contributed by atoms with van der Waals surface area (Å²) in [7, 11) is 0. The lowest BCUT2D eigenvalue weighted by molar-refractivity contribution is -0.145. The summed E-state index contributed by atoms with van der Waals surface area (Å²) in [6, 6.07) is 4.37. The molecule has 2 aromatic heterocycles. The van der Waals surface area contributed by atoms with Crippen molar-refractivity contribution in [2.75, 3.05) is 39.4 Å². The van der Waals surface area contributed by atoms with Crippen LogP contribution in [-0.4, -0.2) is 76.5 Å². The molecule has 0 aromatic carbocycles. The van der Waals surface area contributed by atoms with Crippen LogP contribution in [0.25, 0.3) is 0 Å². The first-order valence-corrected chi connectivity index (χ1v) is 11.4. The standard InChI is InChI=1S/C22H32N6O3/c29-21(23-14-18-4-10-31-26-18)22-5-1-20(28-8-11-30-12-9-28)13-17(22)3-7-27(16-22)15-19-2-6-24-25-19/h2,4,6,10,17,20H,1,3,5,7-9,11-16H2,(H,23,29)(H,24,25)/t17-,20+,22-/m1/s1. The number of amides is 1. The first kappa shape index (κ1) is 20.7. The molecule has 31 heavy (non-hydrogen) atoms. The van der Waals surface area contributed by atoms with Crippen LogP contribution in [0.5, 0.6) is 0 Å². The number of morpholine rings is 1. The quantitative estimate of drug-likeness (QED) is 0.718. The van der Waals surface area contributed by atoms with Gasteiger partial charge in [-0.25, -0.2) is 0 Å². The molecule has 5 rings (SSSR count). The fourth-order valence-corrected chi connectivity index (χ4v) is 5.79. The van der Waals surface area contributed by atoms with E-state index in [1.807, 2.05) is 6.07 Å². The Morgan fingerprint density at radius 2 is 2.16 bits per heavy atom. The molecule has 0 unspecified atom stereocenters. The molecule has 9 nitrogen and oxygen atoms in total. The molecule has 1 aliphatic carbocycles. The van der Waals surface area contributed by atoms with E-state index in [4.69, 9.17) is 9.26 Å². The molecular formula is C22H32N6O3. The summed E-state index contributed by atoms with van der Waals surface area (Å²) < 4.78 is 10.5. The number of likely N-dealkylation sites (tertiary alicyclic amines) is 1. The first-order chi connectivity index (χ1) is 15.2. The number of carbonyl (C=O) groups is 1. The van der Waals surface area contributed by atoms with Gasteiger partial charge in [-0.2, -0.15) is 5.10 Å². The predicted octanol–water partition coefficient (Wildman–Crippen LogP) is 1.41. The molecule has 3 fully saturated rings. The molecule has 2 saturated heterocycles. The first-order valence-electron chi connectivity index (χ1n) is 11.4. The number of ether oxygens (including phenoxy) is 1. The lowest BCUT2D eigenvalue weighted by Crippen LogP contribution is -2.60. The Morgan fingerprint density at radius 1 is 1.26 bits per heavy atom. The molecule has 2 aromatic rings. The number of nitrogens with one attached hydrogen (secondary N) is 2. The Morgan fingerprint density at radius 3 is 2.94 bits per heavy atom. The molecule has 4 heterocycles. The van der Waals surface area contributed by atoms with Gasteiger partial charge in [0, 0.05) is 50.2 Å². The molecule has 0 spiro atoms. The van der Waals surface area contributed by atoms with Gasteiger partial charge in [0.1, 0.15) is 12.0 Å². The highest BCUT2D eigenvalue weighted by Crippen LogP contribution is 2.48. The third kappa shape index (κ3) is 4.40. The van der Waals surface area contributed by atoms with E-state index in [1.165, 1.54) is 0 Å². The minimum absolute atomic E-state index is 0.162. The number of H-pyrrole nitrogens is 1. The van der Waals surface area contributed by atoms with Gasteiger partial charge in [-0.15, -0.1) is 0 Å². The summed E-state index contributed by atoms with van der Waals surface area (Å²) in [6.07, 6.45) is 7.45. The molecule has 9 heteroatoms. The molecule has 0 radical (unpaired) electrons. The molecule has 168 valence electrons. The van der Waals surface area contributed by atoms with Gasteiger partial charge in [0.25, 0.3) is 0 Å². The number of hydrogen-bond acceptors (Lipinski definition) is 7. The van der Waals surface area contributed by atoms with Crippen molar-refractivity contribution in [3.63, 3.8) is 0 Å². The monoisotopic (exact) mass is 428 g/mol. The van der Waals surface area contributed by atoms with E-state index in [1.54, 1.807) is 18.5 Å². The number of piperidine rings is 1. The van der Waals surface area contributed by atoms with Crippen molar-refractivity contribution in [3.05, 3.63) is 36.0 Å². The van der Waals surface area contributed by atoms with Crippen LogP contribution < -0.4 is 5.32 Å². The van der Waals surface area contributed by atoms with E-state index in [-0.39, 0.29) is 11.3 Å². The molecule has 3 atom stereocenters. The summed E-state index contributed by atoms with van der Waals surface area (Å²) in [6.45, 7) is 6.68. The third-order valence-electron chi connectivity index (χ3n) is 7.45. The Kier molecular flexibility index (Phi) is 6.06. The molecule has 1 saturated carbocycles. The third-order valence-corrected chi connectivity index (χ3v) is 7.45. The average molecular weight is 429 g/mol. The fraction of sp³-hybridized carbons (Fsp3) is 0.682. The van der Waals surface area contributed by atoms with E-state index in [9.17, 15) is 4.79 Å². The second-order valence-corrected chi connectivity index (χ2v) is 9.18. The molecule has 3 aliphatic rings. The predicted molar refractivity (Wildman–Crippen MR) is 113 cm³/mol. The molecule has 2 aliphatic heterocycles. The number of rotatable bonds is 6. The van der Waals surface area contributed by atoms with Gasteiger partial charge in [-0.05, 0) is 44.2 Å². The van der Waals surface area contributed by atoms with Gasteiger partial charge in [0.15, 0.2) is 0 Å². The fourth-order valence-electron chi connectivity index (χ4n) is 5.79. The largest absolute Gasteiger partial charge is 0.379 e. The summed E-state index contributed by atoms with van der Waals surface area (Å²) in [4.78, 5) is 18.6. The van der Waals surface area contributed by atoms with Gasteiger partial charge >= 0.3 is 0 Å². The van der Waals surface area contributed by atoms with Crippen LogP contribution in [0.15, 0.2) is 29.1 Å². The van der Waals surface area contributed by atoms with Crippen LogP contribution in [0.3, 0.4) is 0 Å². The number of carbonyl (C=O) groups excluding carboxylic acids is 1. The number of fused-ring (bicyclic) bond motifs is 1. The van der Waals surface area contributed by atoms with Crippen molar-refractivity contribution in [1.29, 1.82) is 0 Å². The second-order valence-electron chi connectivity index (χ2n) is 9.18. The van der Waals surface area contributed by atoms with Gasteiger partial charge in [0.2, 0.25) is 5.91 Å². The minimum Gasteiger partial charge on any atom is -0.379 e. The van der Waals surface area contributed by atoms with Crippen LogP contribution in [0.2, 0.25) is 0 Å². The van der Waals surface area contributed by atoms with Gasteiger partial charge in [-0.3, -0.25) is 19.7 Å². The van der Waals surface area contributed by atoms with Crippen molar-refractivity contribution in [3.8, 4) is 0 Å². The Balaban J connectivity index is 1.31. The Bertz CT molecular complexity index is 836. The van der Waals surface area contributed by atoms with Crippen LogP contribution in [0.1, 0.15) is 37.1 Å². The lowest BCUT2D eigenvalue weighted by atomic mass is 9.61. The normalized spacial score (nSPS) is 30.1. The maximum absolute atomic E-state index is 13.6. The van der Waals surface area contributed by atoms with Gasteiger partial charge in [0.05, 0.1) is 25.2 Å². The summed E-state index contributed by atoms with van der Waals surface area (Å²) in [5.41, 5.74) is 1.50. The van der Waals surface area contributed by atoms with Crippen molar-refractivity contribution < 1.29 is 14.1 Å². The second kappa shape index (κ2) is 9.10. The van der Waals surface area contributed by atoms with E-state index in [0.717, 1.165) is 83.0 Å². The smallest absolute Gasteiger partial charge is 0.228 e. The molecule has 0 bridgehead atoms. The van der Waals surface area contributed by atoms with Crippen molar-refractivity contribution >= 4 is 5.91 Å². The number of aromatic nitrogens is 3. The number of hydrogen-bond donors (Lipinski definition) is 2. The van der Waals surface area contributed by atoms with E-state index < -0.39 is 0 Å². The van der Waals surface area contributed by atoms with Crippen LogP contribution in [0.4, 0.5) is 0 Å². The number of aromatic amines is 1. The maximum Gasteiger partial charge on any atom is 0.228 e. The highest BCUT2D eigenvalue weighted by molar-refractivity contribution is 5.83. The summed E-state index contributed by atoms with van der Waals surface area (Å²) in [5.74, 6) is 0.555. The zero-order valence-corrected chi connectivity index (χ0v) is 18.0. The van der Waals surface area contributed by atoms with Crippen LogP contribution in [0, 0.1) is 11.3 Å². The Hall–Kier alpha value is -2.23. The van der Waals surface area contributed by atoms with E-state index in [0.29, 0.717) is 18.5 Å². The highest BCUT2D eigenvalue weighted by Gasteiger charge is 2.52. The minimum atomic E-state index is -0.356. The van der Waals surface area contributed by atoms with E-state index in [2.05, 4.69) is 30.5 Å². The van der Waals surface area contributed by atoms with Crippen molar-refractivity contribution in [2.45, 2.75) is 44.8 Å². The molecule has 2 N–H and O–H groups in total. The SMILES string of the molecule is O=C(NCc1ccon1)[C@@]12CC[C@H](N3CCOCC3)C[C@H]1CCN(Cc1ccn[nH]1)C2. The molecular weight excluding hydrogens is 396 g/mol. The van der Waals surface area contributed by atoms with Crippen LogP contribution in [-0.2, 0) is 22.6 Å². The topological polar surface area (TPSA) is 99.5 Å². The molecule has 1 amide bonds. The van der Waals surface area contributed by atoms with Crippen molar-refractivity contribution in [2.24, 2.45) is 11.3 Å².